The van der Waals surface area contributed by atoms with Gasteiger partial charge in [0.25, 0.3) is 0 Å². The number of nitrogens with one attached hydrogen (secondary N) is 1. The van der Waals surface area contributed by atoms with Gasteiger partial charge in [0.2, 0.25) is 0 Å². The minimum absolute atomic E-state index is 0.488. The molecular formula is C17H21ClN2S. The van der Waals surface area contributed by atoms with Crippen LogP contribution in [0.25, 0.3) is 0 Å². The van der Waals surface area contributed by atoms with Crippen molar-refractivity contribution in [3.8, 4) is 0 Å². The molecule has 0 spiro atoms. The van der Waals surface area contributed by atoms with Gasteiger partial charge in [-0.25, -0.2) is 0 Å². The molecule has 0 amide bonds. The number of rotatable bonds is 4. The summed E-state index contributed by atoms with van der Waals surface area (Å²) in [6, 6.07) is 9.16. The highest BCUT2D eigenvalue weighted by atomic mass is 35.5. The first-order valence-corrected chi connectivity index (χ1v) is 8.71. The maximum atomic E-state index is 6.51. The highest BCUT2D eigenvalue weighted by molar-refractivity contribution is 7.10. The molecule has 2 nitrogen and oxygen atoms in total. The van der Waals surface area contributed by atoms with Crippen LogP contribution in [-0.4, -0.2) is 12.6 Å². The molecule has 2 heterocycles. The van der Waals surface area contributed by atoms with Gasteiger partial charge < -0.3 is 10.2 Å². The number of thiophene rings is 1. The minimum atomic E-state index is 0.488. The average Bonchev–Trinajstić information content (AvgIpc) is 2.92. The van der Waals surface area contributed by atoms with Gasteiger partial charge >= 0.3 is 0 Å². The van der Waals surface area contributed by atoms with Gasteiger partial charge in [-0.05, 0) is 41.1 Å². The fourth-order valence-electron chi connectivity index (χ4n) is 2.69. The van der Waals surface area contributed by atoms with Crippen LogP contribution in [0.4, 0.5) is 5.69 Å². The summed E-state index contributed by atoms with van der Waals surface area (Å²) in [5, 5.41) is 6.48. The third-order valence-electron chi connectivity index (χ3n) is 3.87. The summed E-state index contributed by atoms with van der Waals surface area (Å²) in [6.07, 6.45) is 1.12. The van der Waals surface area contributed by atoms with Gasteiger partial charge in [0, 0.05) is 30.6 Å². The molecule has 2 aromatic rings. The van der Waals surface area contributed by atoms with Gasteiger partial charge in [-0.2, -0.15) is 0 Å². The lowest BCUT2D eigenvalue weighted by atomic mass is 10.1. The molecule has 21 heavy (non-hydrogen) atoms. The average molecular weight is 321 g/mol. The van der Waals surface area contributed by atoms with Gasteiger partial charge in [0.1, 0.15) is 0 Å². The van der Waals surface area contributed by atoms with Crippen LogP contribution in [0.3, 0.4) is 0 Å². The SMILES string of the molecule is CC(C)NCc1ccc(N2CCc3sccc3C2)c(Cl)c1. The van der Waals surface area contributed by atoms with E-state index in [1.54, 1.807) is 0 Å². The van der Waals surface area contributed by atoms with Crippen LogP contribution >= 0.6 is 22.9 Å². The lowest BCUT2D eigenvalue weighted by molar-refractivity contribution is 0.589. The number of hydrogen-bond donors (Lipinski definition) is 1. The second kappa shape index (κ2) is 6.39. The van der Waals surface area contributed by atoms with E-state index in [9.17, 15) is 0 Å². The lowest BCUT2D eigenvalue weighted by Gasteiger charge is -2.30. The molecule has 0 atom stereocenters. The van der Waals surface area contributed by atoms with E-state index < -0.39 is 0 Å². The molecule has 0 radical (unpaired) electrons. The van der Waals surface area contributed by atoms with E-state index in [2.05, 4.69) is 53.7 Å². The summed E-state index contributed by atoms with van der Waals surface area (Å²) in [5.74, 6) is 0. The number of benzene rings is 1. The van der Waals surface area contributed by atoms with Gasteiger partial charge in [-0.1, -0.05) is 31.5 Å². The van der Waals surface area contributed by atoms with Crippen LogP contribution in [0, 0.1) is 0 Å². The fourth-order valence-corrected chi connectivity index (χ4v) is 3.91. The van der Waals surface area contributed by atoms with E-state index in [0.717, 1.165) is 36.8 Å². The van der Waals surface area contributed by atoms with Gasteiger partial charge in [-0.3, -0.25) is 0 Å². The van der Waals surface area contributed by atoms with Crippen molar-refractivity contribution in [2.75, 3.05) is 11.4 Å². The maximum Gasteiger partial charge on any atom is 0.0642 e. The molecule has 3 rings (SSSR count). The molecule has 1 aliphatic heterocycles. The zero-order chi connectivity index (χ0) is 14.8. The quantitative estimate of drug-likeness (QED) is 0.894. The normalized spacial score (nSPS) is 14.6. The van der Waals surface area contributed by atoms with Crippen LogP contribution < -0.4 is 10.2 Å². The summed E-state index contributed by atoms with van der Waals surface area (Å²) >= 11 is 8.38. The van der Waals surface area contributed by atoms with Gasteiger partial charge in [0.15, 0.2) is 0 Å². The second-order valence-corrected chi connectivity index (χ2v) is 7.27. The standard InChI is InChI=1S/C17H21ClN2S/c1-12(2)19-10-13-3-4-16(15(18)9-13)20-7-5-17-14(11-20)6-8-21-17/h3-4,6,8-9,12,19H,5,7,10-11H2,1-2H3. The first kappa shape index (κ1) is 14.9. The minimum Gasteiger partial charge on any atom is -0.366 e. The topological polar surface area (TPSA) is 15.3 Å². The lowest BCUT2D eigenvalue weighted by Crippen LogP contribution is -2.29. The Morgan fingerprint density at radius 1 is 1.33 bits per heavy atom. The van der Waals surface area contributed by atoms with Crippen molar-refractivity contribution >= 4 is 28.6 Å². The largest absolute Gasteiger partial charge is 0.366 e. The molecule has 112 valence electrons. The van der Waals surface area contributed by atoms with Crippen LogP contribution in [0.15, 0.2) is 29.6 Å². The van der Waals surface area contributed by atoms with Gasteiger partial charge in [0.05, 0.1) is 10.7 Å². The van der Waals surface area contributed by atoms with Crippen molar-refractivity contribution in [1.82, 2.24) is 5.32 Å². The zero-order valence-corrected chi connectivity index (χ0v) is 14.1. The molecule has 1 N–H and O–H groups in total. The number of halogens is 1. The Morgan fingerprint density at radius 3 is 2.95 bits per heavy atom. The van der Waals surface area contributed by atoms with Crippen molar-refractivity contribution < 1.29 is 0 Å². The Bertz CT molecular complexity index is 621. The number of nitrogens with zero attached hydrogens (tertiary/aromatic N) is 1. The molecular weight excluding hydrogens is 300 g/mol. The van der Waals surface area contributed by atoms with Gasteiger partial charge in [-0.15, -0.1) is 11.3 Å². The monoisotopic (exact) mass is 320 g/mol. The maximum absolute atomic E-state index is 6.51. The Morgan fingerprint density at radius 2 is 2.19 bits per heavy atom. The first-order chi connectivity index (χ1) is 10.1. The van der Waals surface area contributed by atoms with Crippen molar-refractivity contribution in [2.45, 2.75) is 39.4 Å². The fraction of sp³-hybridized carbons (Fsp3) is 0.412. The highest BCUT2D eigenvalue weighted by Crippen LogP contribution is 2.32. The van der Waals surface area contributed by atoms with E-state index in [-0.39, 0.29) is 0 Å². The Labute approximate surface area is 135 Å². The van der Waals surface area contributed by atoms with Crippen molar-refractivity contribution in [1.29, 1.82) is 0 Å². The van der Waals surface area contributed by atoms with Crippen molar-refractivity contribution in [2.24, 2.45) is 0 Å². The molecule has 4 heteroatoms. The molecule has 0 fully saturated rings. The summed E-state index contributed by atoms with van der Waals surface area (Å²) in [4.78, 5) is 3.91. The molecule has 0 unspecified atom stereocenters. The first-order valence-electron chi connectivity index (χ1n) is 7.45. The highest BCUT2D eigenvalue weighted by Gasteiger charge is 2.19. The Balaban J connectivity index is 1.74. The third-order valence-corrected chi connectivity index (χ3v) is 5.20. The van der Waals surface area contributed by atoms with E-state index in [1.165, 1.54) is 16.0 Å². The molecule has 0 saturated heterocycles. The molecule has 1 aromatic carbocycles. The van der Waals surface area contributed by atoms with E-state index >= 15 is 0 Å². The number of hydrogen-bond acceptors (Lipinski definition) is 3. The molecule has 1 aromatic heterocycles. The predicted octanol–water partition coefficient (Wildman–Crippen LogP) is 4.46. The molecule has 1 aliphatic rings. The smallest absolute Gasteiger partial charge is 0.0642 e. The Kier molecular flexibility index (Phi) is 4.53. The van der Waals surface area contributed by atoms with E-state index in [4.69, 9.17) is 11.6 Å². The van der Waals surface area contributed by atoms with Crippen LogP contribution in [0.2, 0.25) is 5.02 Å². The van der Waals surface area contributed by atoms with Crippen LogP contribution in [-0.2, 0) is 19.5 Å². The molecule has 0 bridgehead atoms. The summed E-state index contributed by atoms with van der Waals surface area (Å²) in [5.41, 5.74) is 3.85. The predicted molar refractivity (Wildman–Crippen MR) is 92.5 cm³/mol. The molecule has 0 saturated carbocycles. The second-order valence-electron chi connectivity index (χ2n) is 5.86. The third kappa shape index (κ3) is 3.42. The van der Waals surface area contributed by atoms with Crippen LogP contribution in [0.1, 0.15) is 29.9 Å². The zero-order valence-electron chi connectivity index (χ0n) is 12.5. The summed E-state index contributed by atoms with van der Waals surface area (Å²) in [6.45, 7) is 7.20. The summed E-state index contributed by atoms with van der Waals surface area (Å²) < 4.78 is 0. The van der Waals surface area contributed by atoms with E-state index in [0.29, 0.717) is 6.04 Å². The van der Waals surface area contributed by atoms with Crippen molar-refractivity contribution in [3.05, 3.63) is 50.7 Å². The van der Waals surface area contributed by atoms with Crippen LogP contribution in [0.5, 0.6) is 0 Å². The number of fused-ring (bicyclic) bond motifs is 1. The number of anilines is 1. The summed E-state index contributed by atoms with van der Waals surface area (Å²) in [7, 11) is 0. The van der Waals surface area contributed by atoms with E-state index in [1.807, 2.05) is 11.3 Å². The van der Waals surface area contributed by atoms with Crippen molar-refractivity contribution in [3.63, 3.8) is 0 Å². The molecule has 0 aliphatic carbocycles. The Hall–Kier alpha value is -1.03.